The van der Waals surface area contributed by atoms with Gasteiger partial charge in [0.2, 0.25) is 0 Å². The number of nitrogens with zero attached hydrogens (tertiary/aromatic N) is 1. The number of para-hydroxylation sites is 2. The lowest BCUT2D eigenvalue weighted by Gasteiger charge is -2.19. The number of aliphatic imine (C=N–C) groups is 1. The molecule has 0 bridgehead atoms. The first-order valence-corrected chi connectivity index (χ1v) is 9.18. The zero-order valence-corrected chi connectivity index (χ0v) is 15.3. The summed E-state index contributed by atoms with van der Waals surface area (Å²) in [6.07, 6.45) is 0.750. The first kappa shape index (κ1) is 17.8. The van der Waals surface area contributed by atoms with Crippen LogP contribution in [0.5, 0.6) is 5.75 Å². The molecule has 0 spiro atoms. The number of benzene rings is 3. The van der Waals surface area contributed by atoms with E-state index >= 15 is 0 Å². The van der Waals surface area contributed by atoms with Crippen LogP contribution < -0.4 is 15.8 Å². The molecule has 3 N–H and O–H groups in total. The lowest BCUT2D eigenvalue weighted by Crippen LogP contribution is -2.20. The van der Waals surface area contributed by atoms with Crippen molar-refractivity contribution in [3.8, 4) is 5.75 Å². The van der Waals surface area contributed by atoms with Gasteiger partial charge >= 0.3 is 0 Å². The minimum Gasteiger partial charge on any atom is -0.484 e. The van der Waals surface area contributed by atoms with E-state index in [1.165, 1.54) is 5.56 Å². The molecule has 1 aliphatic heterocycles. The van der Waals surface area contributed by atoms with Crippen molar-refractivity contribution in [2.24, 2.45) is 10.7 Å². The second kappa shape index (κ2) is 7.96. The lowest BCUT2D eigenvalue weighted by molar-refractivity contribution is -0.119. The van der Waals surface area contributed by atoms with Gasteiger partial charge in [-0.05, 0) is 47.5 Å². The number of anilines is 1. The van der Waals surface area contributed by atoms with Gasteiger partial charge in [0, 0.05) is 6.42 Å². The normalized spacial score (nSPS) is 15.6. The number of fused-ring (bicyclic) bond motifs is 1. The number of hydrogen-bond donors (Lipinski definition) is 2. The Labute approximate surface area is 163 Å². The van der Waals surface area contributed by atoms with E-state index in [1.807, 2.05) is 48.5 Å². The molecule has 0 saturated heterocycles. The molecule has 0 aromatic heterocycles. The quantitative estimate of drug-likeness (QED) is 0.705. The summed E-state index contributed by atoms with van der Waals surface area (Å²) in [6.45, 7) is -0.131. The predicted molar refractivity (Wildman–Crippen MR) is 111 cm³/mol. The summed E-state index contributed by atoms with van der Waals surface area (Å²) in [7, 11) is 0. The monoisotopic (exact) mass is 371 g/mol. The first-order chi connectivity index (χ1) is 13.7. The summed E-state index contributed by atoms with van der Waals surface area (Å²) >= 11 is 0. The Morgan fingerprint density at radius 3 is 2.46 bits per heavy atom. The van der Waals surface area contributed by atoms with E-state index < -0.39 is 5.91 Å². The molecule has 28 heavy (non-hydrogen) atoms. The van der Waals surface area contributed by atoms with Crippen molar-refractivity contribution < 1.29 is 9.53 Å². The zero-order chi connectivity index (χ0) is 19.3. The molecule has 5 nitrogen and oxygen atoms in total. The Balaban J connectivity index is 1.66. The molecule has 5 heteroatoms. The molecule has 1 aliphatic rings. The minimum atomic E-state index is -0.495. The number of nitrogens with two attached hydrogens (primary N) is 1. The van der Waals surface area contributed by atoms with Crippen molar-refractivity contribution in [2.45, 2.75) is 12.5 Å². The Morgan fingerprint density at radius 1 is 1.00 bits per heavy atom. The Kier molecular flexibility index (Phi) is 5.06. The van der Waals surface area contributed by atoms with Gasteiger partial charge in [-0.25, -0.2) is 0 Å². The SMILES string of the molecule is NC(=O)COc1ccc(C2=Nc3ccccc3NC(c3ccccc3)C2)cc1. The molecule has 0 fully saturated rings. The largest absolute Gasteiger partial charge is 0.484 e. The third-order valence-electron chi connectivity index (χ3n) is 4.66. The highest BCUT2D eigenvalue weighted by Gasteiger charge is 2.20. The highest BCUT2D eigenvalue weighted by Crippen LogP contribution is 2.35. The average Bonchev–Trinajstić information content (AvgIpc) is 2.93. The zero-order valence-electron chi connectivity index (χ0n) is 15.3. The fourth-order valence-electron chi connectivity index (χ4n) is 3.28. The van der Waals surface area contributed by atoms with Crippen LogP contribution in [0.2, 0.25) is 0 Å². The molecule has 0 aliphatic carbocycles. The standard InChI is InChI=1S/C23H21N3O2/c24-23(27)15-28-18-12-10-17(11-13-18)22-14-21(16-6-2-1-3-7-16)25-19-8-4-5-9-20(19)26-22/h1-13,21,25H,14-15H2,(H2,24,27). The van der Waals surface area contributed by atoms with Crippen LogP contribution in [0.1, 0.15) is 23.6 Å². The van der Waals surface area contributed by atoms with Crippen molar-refractivity contribution in [1.82, 2.24) is 0 Å². The molecule has 140 valence electrons. The summed E-state index contributed by atoms with van der Waals surface area (Å²) in [4.78, 5) is 15.8. The van der Waals surface area contributed by atoms with Gasteiger partial charge in [-0.15, -0.1) is 0 Å². The van der Waals surface area contributed by atoms with Crippen LogP contribution in [-0.2, 0) is 4.79 Å². The maximum absolute atomic E-state index is 10.9. The van der Waals surface area contributed by atoms with Crippen molar-refractivity contribution in [3.05, 3.63) is 90.0 Å². The van der Waals surface area contributed by atoms with Gasteiger partial charge in [-0.2, -0.15) is 0 Å². The topological polar surface area (TPSA) is 76.7 Å². The van der Waals surface area contributed by atoms with E-state index in [9.17, 15) is 4.79 Å². The number of carbonyl (C=O) groups is 1. The van der Waals surface area contributed by atoms with Crippen LogP contribution in [0.25, 0.3) is 0 Å². The fraction of sp³-hybridized carbons (Fsp3) is 0.130. The summed E-state index contributed by atoms with van der Waals surface area (Å²) in [5.74, 6) is 0.112. The average molecular weight is 371 g/mol. The van der Waals surface area contributed by atoms with E-state index in [0.717, 1.165) is 29.1 Å². The van der Waals surface area contributed by atoms with Crippen LogP contribution in [0.3, 0.4) is 0 Å². The molecule has 1 atom stereocenters. The van der Waals surface area contributed by atoms with E-state index in [0.29, 0.717) is 5.75 Å². The van der Waals surface area contributed by atoms with E-state index in [4.69, 9.17) is 15.5 Å². The second-order valence-electron chi connectivity index (χ2n) is 6.67. The third-order valence-corrected chi connectivity index (χ3v) is 4.66. The summed E-state index contributed by atoms with van der Waals surface area (Å²) in [6, 6.07) is 26.2. The van der Waals surface area contributed by atoms with Crippen molar-refractivity contribution >= 4 is 23.0 Å². The first-order valence-electron chi connectivity index (χ1n) is 9.18. The van der Waals surface area contributed by atoms with Gasteiger partial charge in [0.1, 0.15) is 5.75 Å². The Morgan fingerprint density at radius 2 is 1.71 bits per heavy atom. The van der Waals surface area contributed by atoms with Gasteiger partial charge in [0.05, 0.1) is 23.1 Å². The molecule has 1 amide bonds. The molecule has 0 saturated carbocycles. The number of nitrogens with one attached hydrogen (secondary N) is 1. The Bertz CT molecular complexity index is 998. The number of amides is 1. The minimum absolute atomic E-state index is 0.120. The van der Waals surface area contributed by atoms with Crippen LogP contribution in [0.15, 0.2) is 83.9 Å². The number of hydrogen-bond acceptors (Lipinski definition) is 4. The molecule has 1 unspecified atom stereocenters. The van der Waals surface area contributed by atoms with Gasteiger partial charge < -0.3 is 15.8 Å². The van der Waals surface area contributed by atoms with Crippen molar-refractivity contribution in [2.75, 3.05) is 11.9 Å². The third kappa shape index (κ3) is 4.04. The predicted octanol–water partition coefficient (Wildman–Crippen LogP) is 4.23. The number of primary amides is 1. The smallest absolute Gasteiger partial charge is 0.255 e. The summed E-state index contributed by atoms with van der Waals surface area (Å²) in [5.41, 5.74) is 10.3. The van der Waals surface area contributed by atoms with Crippen LogP contribution in [-0.4, -0.2) is 18.2 Å². The second-order valence-corrected chi connectivity index (χ2v) is 6.67. The van der Waals surface area contributed by atoms with Gasteiger partial charge in [0.25, 0.3) is 5.91 Å². The number of ether oxygens (including phenoxy) is 1. The highest BCUT2D eigenvalue weighted by atomic mass is 16.5. The van der Waals surface area contributed by atoms with Crippen LogP contribution in [0, 0.1) is 0 Å². The van der Waals surface area contributed by atoms with E-state index in [1.54, 1.807) is 0 Å². The highest BCUT2D eigenvalue weighted by molar-refractivity contribution is 6.04. The van der Waals surface area contributed by atoms with Crippen molar-refractivity contribution in [3.63, 3.8) is 0 Å². The van der Waals surface area contributed by atoms with Gasteiger partial charge in [-0.1, -0.05) is 42.5 Å². The summed E-state index contributed by atoms with van der Waals surface area (Å²) in [5, 5.41) is 3.63. The maximum atomic E-state index is 10.9. The molecule has 0 radical (unpaired) electrons. The fourth-order valence-corrected chi connectivity index (χ4v) is 3.28. The van der Waals surface area contributed by atoms with Gasteiger partial charge in [0.15, 0.2) is 6.61 Å². The summed E-state index contributed by atoms with van der Waals surface area (Å²) < 4.78 is 5.35. The number of rotatable bonds is 5. The van der Waals surface area contributed by atoms with Crippen LogP contribution >= 0.6 is 0 Å². The number of carbonyl (C=O) groups excluding carboxylic acids is 1. The molecular weight excluding hydrogens is 350 g/mol. The molecular formula is C23H21N3O2. The molecule has 3 aromatic rings. The van der Waals surface area contributed by atoms with E-state index in [2.05, 4.69) is 35.6 Å². The molecule has 1 heterocycles. The van der Waals surface area contributed by atoms with E-state index in [-0.39, 0.29) is 12.6 Å². The Hall–Kier alpha value is -3.60. The lowest BCUT2D eigenvalue weighted by atomic mass is 9.97. The van der Waals surface area contributed by atoms with Crippen LogP contribution in [0.4, 0.5) is 11.4 Å². The maximum Gasteiger partial charge on any atom is 0.255 e. The molecule has 3 aromatic carbocycles. The van der Waals surface area contributed by atoms with Gasteiger partial charge in [-0.3, -0.25) is 9.79 Å². The van der Waals surface area contributed by atoms with Crippen molar-refractivity contribution in [1.29, 1.82) is 0 Å². The molecule has 4 rings (SSSR count).